The van der Waals surface area contributed by atoms with Crippen molar-refractivity contribution >= 4 is 23.6 Å². The molecule has 1 N–H and O–H groups in total. The normalized spacial score (nSPS) is 22.0. The van der Waals surface area contributed by atoms with Gasteiger partial charge in [0, 0.05) is 16.9 Å². The molecule has 2 aliphatic heterocycles. The number of amides is 2. The third-order valence-corrected chi connectivity index (χ3v) is 6.95. The highest BCUT2D eigenvalue weighted by molar-refractivity contribution is 8.01. The molecule has 0 aromatic heterocycles. The average Bonchev–Trinajstić information content (AvgIpc) is 3.12. The zero-order valence-corrected chi connectivity index (χ0v) is 17.1. The maximum atomic E-state index is 13.1. The van der Waals surface area contributed by atoms with Gasteiger partial charge in [-0.15, -0.1) is 11.8 Å². The van der Waals surface area contributed by atoms with Crippen molar-refractivity contribution in [2.24, 2.45) is 0 Å². The van der Waals surface area contributed by atoms with E-state index in [1.807, 2.05) is 62.4 Å². The SMILES string of the molecule is COc1ccc(CCNC(=O)[C@@H]2N3C(=O)c4ccccc4[C@@H]3SC2(C)C)cc1. The number of fused-ring (bicyclic) bond motifs is 3. The Balaban J connectivity index is 1.45. The van der Waals surface area contributed by atoms with Crippen molar-refractivity contribution in [3.8, 4) is 5.75 Å². The Kier molecular flexibility index (Phi) is 4.83. The second-order valence-corrected chi connectivity index (χ2v) is 9.40. The molecule has 1 fully saturated rings. The summed E-state index contributed by atoms with van der Waals surface area (Å²) in [6.07, 6.45) is 0.730. The number of methoxy groups -OCH3 is 1. The fraction of sp³-hybridized carbons (Fsp3) is 0.364. The summed E-state index contributed by atoms with van der Waals surface area (Å²) in [6.45, 7) is 4.61. The van der Waals surface area contributed by atoms with Gasteiger partial charge in [-0.2, -0.15) is 0 Å². The first-order valence-electron chi connectivity index (χ1n) is 9.42. The van der Waals surface area contributed by atoms with Crippen LogP contribution in [0.1, 0.15) is 40.7 Å². The summed E-state index contributed by atoms with van der Waals surface area (Å²) in [7, 11) is 1.64. The van der Waals surface area contributed by atoms with Gasteiger partial charge in [0.15, 0.2) is 0 Å². The predicted octanol–water partition coefficient (Wildman–Crippen LogP) is 3.40. The van der Waals surface area contributed by atoms with Crippen LogP contribution in [0.3, 0.4) is 0 Å². The number of carbonyl (C=O) groups is 2. The van der Waals surface area contributed by atoms with Gasteiger partial charge in [0.05, 0.1) is 7.11 Å². The summed E-state index contributed by atoms with van der Waals surface area (Å²) in [5, 5.41) is 2.95. The number of ether oxygens (including phenoxy) is 1. The van der Waals surface area contributed by atoms with Crippen LogP contribution in [0.2, 0.25) is 0 Å². The number of benzene rings is 2. The van der Waals surface area contributed by atoms with Gasteiger partial charge in [0.1, 0.15) is 17.2 Å². The van der Waals surface area contributed by atoms with E-state index in [-0.39, 0.29) is 21.9 Å². The van der Waals surface area contributed by atoms with Crippen molar-refractivity contribution in [1.29, 1.82) is 0 Å². The van der Waals surface area contributed by atoms with Crippen molar-refractivity contribution < 1.29 is 14.3 Å². The number of carbonyl (C=O) groups excluding carboxylic acids is 2. The fourth-order valence-corrected chi connectivity index (χ4v) is 5.61. The molecule has 0 aliphatic carbocycles. The van der Waals surface area contributed by atoms with Gasteiger partial charge >= 0.3 is 0 Å². The van der Waals surface area contributed by atoms with Gasteiger partial charge < -0.3 is 15.0 Å². The highest BCUT2D eigenvalue weighted by Crippen LogP contribution is 2.56. The number of thioether (sulfide) groups is 1. The maximum Gasteiger partial charge on any atom is 0.256 e. The average molecular weight is 397 g/mol. The highest BCUT2D eigenvalue weighted by atomic mass is 32.2. The molecule has 0 spiro atoms. The monoisotopic (exact) mass is 396 g/mol. The molecule has 146 valence electrons. The Morgan fingerprint density at radius 3 is 2.61 bits per heavy atom. The molecule has 2 atom stereocenters. The molecule has 0 bridgehead atoms. The van der Waals surface area contributed by atoms with Crippen LogP contribution in [-0.2, 0) is 11.2 Å². The Morgan fingerprint density at radius 2 is 1.89 bits per heavy atom. The van der Waals surface area contributed by atoms with E-state index < -0.39 is 6.04 Å². The van der Waals surface area contributed by atoms with Crippen LogP contribution >= 0.6 is 11.8 Å². The molecule has 2 aliphatic rings. The number of nitrogens with zero attached hydrogens (tertiary/aromatic N) is 1. The number of rotatable bonds is 5. The second-order valence-electron chi connectivity index (χ2n) is 7.66. The van der Waals surface area contributed by atoms with Gasteiger partial charge in [-0.3, -0.25) is 9.59 Å². The van der Waals surface area contributed by atoms with E-state index >= 15 is 0 Å². The molecular weight excluding hydrogens is 372 g/mol. The maximum absolute atomic E-state index is 13.1. The lowest BCUT2D eigenvalue weighted by Crippen LogP contribution is -2.52. The van der Waals surface area contributed by atoms with Gasteiger partial charge in [-0.05, 0) is 49.6 Å². The quantitative estimate of drug-likeness (QED) is 0.842. The summed E-state index contributed by atoms with van der Waals surface area (Å²) >= 11 is 1.69. The minimum atomic E-state index is -0.488. The third-order valence-electron chi connectivity index (χ3n) is 5.42. The molecule has 5 nitrogen and oxygen atoms in total. The molecule has 28 heavy (non-hydrogen) atoms. The Morgan fingerprint density at radius 1 is 1.18 bits per heavy atom. The lowest BCUT2D eigenvalue weighted by Gasteiger charge is -2.29. The molecular formula is C22H24N2O3S. The van der Waals surface area contributed by atoms with Crippen molar-refractivity contribution in [3.05, 3.63) is 65.2 Å². The van der Waals surface area contributed by atoms with Crippen molar-refractivity contribution in [2.45, 2.75) is 36.4 Å². The van der Waals surface area contributed by atoms with Crippen LogP contribution in [0.15, 0.2) is 48.5 Å². The Hall–Kier alpha value is -2.47. The summed E-state index contributed by atoms with van der Waals surface area (Å²) in [5.41, 5.74) is 2.86. The first-order chi connectivity index (χ1) is 13.4. The van der Waals surface area contributed by atoms with Crippen molar-refractivity contribution in [3.63, 3.8) is 0 Å². The van der Waals surface area contributed by atoms with Crippen LogP contribution in [0, 0.1) is 0 Å². The zero-order valence-electron chi connectivity index (χ0n) is 16.3. The number of hydrogen-bond donors (Lipinski definition) is 1. The first-order valence-corrected chi connectivity index (χ1v) is 10.3. The lowest BCUT2D eigenvalue weighted by atomic mass is 10.0. The molecule has 2 aromatic carbocycles. The Labute approximate surface area is 169 Å². The van der Waals surface area contributed by atoms with E-state index in [0.717, 1.165) is 23.3 Å². The van der Waals surface area contributed by atoms with Crippen LogP contribution in [-0.4, -0.2) is 41.2 Å². The third kappa shape index (κ3) is 3.15. The minimum Gasteiger partial charge on any atom is -0.497 e. The summed E-state index contributed by atoms with van der Waals surface area (Å²) in [6, 6.07) is 15.0. The van der Waals surface area contributed by atoms with Gasteiger partial charge in [0.2, 0.25) is 5.91 Å². The van der Waals surface area contributed by atoms with Crippen molar-refractivity contribution in [1.82, 2.24) is 10.2 Å². The second kappa shape index (κ2) is 7.17. The molecule has 6 heteroatoms. The molecule has 1 saturated heterocycles. The van der Waals surface area contributed by atoms with Gasteiger partial charge in [0.25, 0.3) is 5.91 Å². The van der Waals surface area contributed by atoms with Crippen molar-refractivity contribution in [2.75, 3.05) is 13.7 Å². The van der Waals surface area contributed by atoms with Crippen LogP contribution in [0.4, 0.5) is 0 Å². The topological polar surface area (TPSA) is 58.6 Å². The van der Waals surface area contributed by atoms with E-state index in [1.54, 1.807) is 23.8 Å². The summed E-state index contributed by atoms with van der Waals surface area (Å²) in [5.74, 6) is 0.680. The van der Waals surface area contributed by atoms with Gasteiger partial charge in [-0.1, -0.05) is 30.3 Å². The standard InChI is InChI=1S/C22H24N2O3S/c1-22(2)18(19(25)23-13-12-14-8-10-15(27-3)11-9-14)24-20(26)16-6-4-5-7-17(16)21(24)28-22/h4-11,18,21H,12-13H2,1-3H3,(H,23,25)/t18-,21-/m0/s1. The number of nitrogens with one attached hydrogen (secondary N) is 1. The highest BCUT2D eigenvalue weighted by Gasteiger charge is 2.57. The molecule has 2 amide bonds. The number of hydrogen-bond acceptors (Lipinski definition) is 4. The van der Waals surface area contributed by atoms with E-state index in [2.05, 4.69) is 5.32 Å². The van der Waals surface area contributed by atoms with E-state index in [0.29, 0.717) is 12.1 Å². The van der Waals surface area contributed by atoms with Crippen LogP contribution in [0.5, 0.6) is 5.75 Å². The molecule has 0 saturated carbocycles. The van der Waals surface area contributed by atoms with Crippen LogP contribution in [0.25, 0.3) is 0 Å². The van der Waals surface area contributed by atoms with Gasteiger partial charge in [-0.25, -0.2) is 0 Å². The van der Waals surface area contributed by atoms with Crippen LogP contribution < -0.4 is 10.1 Å². The zero-order chi connectivity index (χ0) is 19.9. The first kappa shape index (κ1) is 18.9. The Bertz CT molecular complexity index is 910. The predicted molar refractivity (Wildman–Crippen MR) is 111 cm³/mol. The lowest BCUT2D eigenvalue weighted by molar-refractivity contribution is -0.126. The fourth-order valence-electron chi connectivity index (χ4n) is 4.02. The summed E-state index contributed by atoms with van der Waals surface area (Å²) in [4.78, 5) is 27.8. The molecule has 2 heterocycles. The molecule has 4 rings (SSSR count). The minimum absolute atomic E-state index is 0.0472. The largest absolute Gasteiger partial charge is 0.497 e. The summed E-state index contributed by atoms with van der Waals surface area (Å²) < 4.78 is 4.82. The smallest absolute Gasteiger partial charge is 0.256 e. The van der Waals surface area contributed by atoms with E-state index in [9.17, 15) is 9.59 Å². The molecule has 0 unspecified atom stereocenters. The van der Waals surface area contributed by atoms with E-state index in [1.165, 1.54) is 0 Å². The molecule has 2 aromatic rings. The molecule has 0 radical (unpaired) electrons. The van der Waals surface area contributed by atoms with E-state index in [4.69, 9.17) is 4.74 Å².